The summed E-state index contributed by atoms with van der Waals surface area (Å²) in [6.07, 6.45) is 13.2. The van der Waals surface area contributed by atoms with E-state index in [4.69, 9.17) is 6.42 Å². The molecule has 3 heterocycles. The molecule has 0 radical (unpaired) electrons. The van der Waals surface area contributed by atoms with Gasteiger partial charge in [-0.05, 0) is 68.2 Å². The summed E-state index contributed by atoms with van der Waals surface area (Å²) in [5.74, 6) is 2.61. The molecular formula is C28H29N5O. The summed E-state index contributed by atoms with van der Waals surface area (Å²) in [5.41, 5.74) is 6.98. The summed E-state index contributed by atoms with van der Waals surface area (Å²) in [4.78, 5) is 17.5. The Balaban J connectivity index is 1.44. The number of carbonyl (C=O) groups excluding carboxylic acids is 1. The molecule has 2 aliphatic rings. The molecule has 3 aromatic rings. The molecule has 0 spiro atoms. The maximum atomic E-state index is 13.1. The summed E-state index contributed by atoms with van der Waals surface area (Å²) in [6, 6.07) is 12.8. The number of benzene rings is 2. The largest absolute Gasteiger partial charge is 0.369 e. The summed E-state index contributed by atoms with van der Waals surface area (Å²) in [7, 11) is 0. The third-order valence-corrected chi connectivity index (χ3v) is 6.69. The molecule has 34 heavy (non-hydrogen) atoms. The second-order valence-electron chi connectivity index (χ2n) is 9.03. The number of aromatic nitrogens is 2. The van der Waals surface area contributed by atoms with Gasteiger partial charge in [-0.25, -0.2) is 4.79 Å². The Bertz CT molecular complexity index is 1340. The van der Waals surface area contributed by atoms with Crippen LogP contribution in [0.5, 0.6) is 0 Å². The number of aryl methyl sites for hydroxylation is 1. The third kappa shape index (κ3) is 4.06. The monoisotopic (exact) mass is 451 g/mol. The number of H-pyrrole nitrogens is 1. The molecule has 6 nitrogen and oxygen atoms in total. The van der Waals surface area contributed by atoms with Gasteiger partial charge in [-0.15, -0.1) is 6.42 Å². The van der Waals surface area contributed by atoms with Crippen LogP contribution in [0, 0.1) is 19.3 Å². The minimum Gasteiger partial charge on any atom is -0.369 e. The third-order valence-electron chi connectivity index (χ3n) is 6.69. The Morgan fingerprint density at radius 1 is 1.29 bits per heavy atom. The van der Waals surface area contributed by atoms with Crippen LogP contribution in [0.4, 0.5) is 16.2 Å². The van der Waals surface area contributed by atoms with Gasteiger partial charge in [0.1, 0.15) is 5.69 Å². The lowest BCUT2D eigenvalue weighted by molar-refractivity contribution is 0.171. The van der Waals surface area contributed by atoms with Crippen molar-refractivity contribution >= 4 is 33.9 Å². The van der Waals surface area contributed by atoms with Crippen LogP contribution in [0.1, 0.15) is 36.6 Å². The van der Waals surface area contributed by atoms with Crippen molar-refractivity contribution in [3.63, 3.8) is 0 Å². The van der Waals surface area contributed by atoms with E-state index in [1.54, 1.807) is 6.08 Å². The van der Waals surface area contributed by atoms with Gasteiger partial charge < -0.3 is 15.1 Å². The number of aromatic amines is 1. The number of terminal acetylenes is 1. The Labute approximate surface area is 200 Å². The van der Waals surface area contributed by atoms with Crippen molar-refractivity contribution in [3.8, 4) is 12.3 Å². The van der Waals surface area contributed by atoms with Gasteiger partial charge in [0.15, 0.2) is 0 Å². The molecule has 1 fully saturated rings. The summed E-state index contributed by atoms with van der Waals surface area (Å²) < 4.78 is 0. The SMILES string of the molecule is C#C/C=C(\C=C\C)c1n[nH]c2cc3c(cc12)CN([C@@H]1CCCN(c2cccc(C)c2)C1)C(=O)N3. The molecule has 0 bridgehead atoms. The molecule has 0 saturated carbocycles. The van der Waals surface area contributed by atoms with E-state index >= 15 is 0 Å². The molecule has 2 aliphatic heterocycles. The number of allylic oxidation sites excluding steroid dienone is 4. The lowest BCUT2D eigenvalue weighted by Crippen LogP contribution is -2.52. The number of fused-ring (bicyclic) bond motifs is 2. The molecule has 2 amide bonds. The van der Waals surface area contributed by atoms with Crippen molar-refractivity contribution in [2.45, 2.75) is 39.3 Å². The van der Waals surface area contributed by atoms with E-state index in [0.29, 0.717) is 6.54 Å². The lowest BCUT2D eigenvalue weighted by atomic mass is 9.99. The highest BCUT2D eigenvalue weighted by molar-refractivity contribution is 6.00. The standard InChI is InChI=1S/C28H29N5O/c1-4-8-20(9-5-2)27-24-15-21-17-33(28(34)29-25(21)16-26(24)30-31-27)23-12-7-13-32(18-23)22-11-6-10-19(3)14-22/h1,5-6,8-11,14-16,23H,7,12-13,17-18H2,2-3H3,(H,29,34)(H,30,31)/b9-5+,20-8+/t23-/m1/s1. The zero-order valence-electron chi connectivity index (χ0n) is 19.6. The van der Waals surface area contributed by atoms with Crippen LogP contribution in [0.15, 0.2) is 54.6 Å². The number of anilines is 2. The van der Waals surface area contributed by atoms with E-state index in [9.17, 15) is 4.79 Å². The summed E-state index contributed by atoms with van der Waals surface area (Å²) in [6.45, 7) is 6.50. The highest BCUT2D eigenvalue weighted by Crippen LogP contribution is 2.34. The first-order chi connectivity index (χ1) is 16.6. The van der Waals surface area contributed by atoms with Crippen molar-refractivity contribution < 1.29 is 4.79 Å². The van der Waals surface area contributed by atoms with Crippen LogP contribution in [-0.4, -0.2) is 40.3 Å². The molecule has 0 aliphatic carbocycles. The molecule has 2 aromatic carbocycles. The topological polar surface area (TPSA) is 64.3 Å². The number of carbonyl (C=O) groups is 1. The van der Waals surface area contributed by atoms with E-state index in [-0.39, 0.29) is 12.1 Å². The fraction of sp³-hybridized carbons (Fsp3) is 0.286. The average molecular weight is 452 g/mol. The number of hydrogen-bond donors (Lipinski definition) is 2. The van der Waals surface area contributed by atoms with Gasteiger partial charge in [-0.3, -0.25) is 5.10 Å². The van der Waals surface area contributed by atoms with Gasteiger partial charge in [0, 0.05) is 42.0 Å². The average Bonchev–Trinajstić information content (AvgIpc) is 3.25. The van der Waals surface area contributed by atoms with Crippen LogP contribution >= 0.6 is 0 Å². The zero-order valence-corrected chi connectivity index (χ0v) is 19.6. The van der Waals surface area contributed by atoms with Crippen molar-refractivity contribution in [2.24, 2.45) is 0 Å². The van der Waals surface area contributed by atoms with Crippen LogP contribution < -0.4 is 10.2 Å². The summed E-state index contributed by atoms with van der Waals surface area (Å²) in [5, 5.41) is 11.7. The van der Waals surface area contributed by atoms with E-state index in [2.05, 4.69) is 63.6 Å². The van der Waals surface area contributed by atoms with Gasteiger partial charge in [-0.2, -0.15) is 5.10 Å². The quantitative estimate of drug-likeness (QED) is 0.408. The van der Waals surface area contributed by atoms with E-state index in [1.165, 1.54) is 11.3 Å². The van der Waals surface area contributed by atoms with Gasteiger partial charge >= 0.3 is 6.03 Å². The van der Waals surface area contributed by atoms with Gasteiger partial charge in [0.25, 0.3) is 0 Å². The first-order valence-electron chi connectivity index (χ1n) is 11.8. The number of hydrogen-bond acceptors (Lipinski definition) is 3. The Morgan fingerprint density at radius 3 is 2.97 bits per heavy atom. The predicted molar refractivity (Wildman–Crippen MR) is 139 cm³/mol. The molecule has 0 unspecified atom stereocenters. The molecule has 1 aromatic heterocycles. The normalized spacial score (nSPS) is 18.8. The Hall–Kier alpha value is -3.98. The molecule has 5 rings (SSSR count). The first kappa shape index (κ1) is 21.8. The predicted octanol–water partition coefficient (Wildman–Crippen LogP) is 5.48. The van der Waals surface area contributed by atoms with Crippen molar-refractivity contribution in [1.82, 2.24) is 15.1 Å². The number of nitrogens with one attached hydrogen (secondary N) is 2. The zero-order chi connectivity index (χ0) is 23.7. The Morgan fingerprint density at radius 2 is 2.18 bits per heavy atom. The van der Waals surface area contributed by atoms with Crippen molar-refractivity contribution in [1.29, 1.82) is 0 Å². The van der Waals surface area contributed by atoms with Crippen LogP contribution in [0.3, 0.4) is 0 Å². The number of urea groups is 1. The number of piperidine rings is 1. The van der Waals surface area contributed by atoms with Crippen molar-refractivity contribution in [2.75, 3.05) is 23.3 Å². The molecular weight excluding hydrogens is 422 g/mol. The van der Waals surface area contributed by atoms with Crippen molar-refractivity contribution in [3.05, 3.63) is 71.4 Å². The van der Waals surface area contributed by atoms with E-state index < -0.39 is 0 Å². The van der Waals surface area contributed by atoms with Gasteiger partial charge in [-0.1, -0.05) is 30.2 Å². The van der Waals surface area contributed by atoms with Gasteiger partial charge in [0.2, 0.25) is 0 Å². The lowest BCUT2D eigenvalue weighted by Gasteiger charge is -2.42. The smallest absolute Gasteiger partial charge is 0.322 e. The summed E-state index contributed by atoms with van der Waals surface area (Å²) >= 11 is 0. The maximum absolute atomic E-state index is 13.1. The number of rotatable bonds is 4. The molecule has 6 heteroatoms. The fourth-order valence-electron chi connectivity index (χ4n) is 5.05. The molecule has 1 saturated heterocycles. The van der Waals surface area contributed by atoms with Crippen LogP contribution in [0.2, 0.25) is 0 Å². The Kier molecular flexibility index (Phi) is 5.85. The highest BCUT2D eigenvalue weighted by Gasteiger charge is 2.32. The highest BCUT2D eigenvalue weighted by atomic mass is 16.2. The fourth-order valence-corrected chi connectivity index (χ4v) is 5.05. The molecule has 172 valence electrons. The van der Waals surface area contributed by atoms with Gasteiger partial charge in [0.05, 0.1) is 11.6 Å². The molecule has 1 atom stereocenters. The number of amides is 2. The second-order valence-corrected chi connectivity index (χ2v) is 9.03. The van der Waals surface area contributed by atoms with E-state index in [0.717, 1.165) is 59.4 Å². The van der Waals surface area contributed by atoms with Crippen LogP contribution in [0.25, 0.3) is 16.5 Å². The van der Waals surface area contributed by atoms with E-state index in [1.807, 2.05) is 30.0 Å². The van der Waals surface area contributed by atoms with Crippen LogP contribution in [-0.2, 0) is 6.54 Å². The molecule has 2 N–H and O–H groups in total. The maximum Gasteiger partial charge on any atom is 0.322 e. The number of nitrogens with zero attached hydrogens (tertiary/aromatic N) is 3. The first-order valence-corrected chi connectivity index (χ1v) is 11.8. The second kappa shape index (κ2) is 9.11. The minimum atomic E-state index is -0.0375. The minimum absolute atomic E-state index is 0.0375.